The summed E-state index contributed by atoms with van der Waals surface area (Å²) >= 11 is 0. The number of nitro groups is 1. The van der Waals surface area contributed by atoms with Crippen LogP contribution in [0.2, 0.25) is 0 Å². The zero-order valence-electron chi connectivity index (χ0n) is 11.5. The van der Waals surface area contributed by atoms with Gasteiger partial charge in [-0.2, -0.15) is 5.10 Å². The molecule has 0 aliphatic heterocycles. The summed E-state index contributed by atoms with van der Waals surface area (Å²) in [6, 6.07) is 4.70. The zero-order valence-corrected chi connectivity index (χ0v) is 11.5. The third kappa shape index (κ3) is 3.85. The van der Waals surface area contributed by atoms with E-state index in [4.69, 9.17) is 0 Å². The van der Waals surface area contributed by atoms with Gasteiger partial charge in [-0.15, -0.1) is 0 Å². The van der Waals surface area contributed by atoms with Crippen molar-refractivity contribution in [1.82, 2.24) is 14.8 Å². The van der Waals surface area contributed by atoms with Crippen molar-refractivity contribution in [2.24, 2.45) is 0 Å². The highest BCUT2D eigenvalue weighted by Crippen LogP contribution is 2.23. The van der Waals surface area contributed by atoms with Crippen molar-refractivity contribution in [3.05, 3.63) is 46.5 Å². The van der Waals surface area contributed by atoms with Crippen LogP contribution >= 0.6 is 0 Å². The van der Waals surface area contributed by atoms with Gasteiger partial charge in [0.25, 0.3) is 5.69 Å². The summed E-state index contributed by atoms with van der Waals surface area (Å²) in [7, 11) is 0. The van der Waals surface area contributed by atoms with Gasteiger partial charge in [0.15, 0.2) is 0 Å². The molecule has 0 radical (unpaired) electrons. The lowest BCUT2D eigenvalue weighted by Crippen LogP contribution is -2.15. The number of rotatable bonds is 6. The van der Waals surface area contributed by atoms with Crippen molar-refractivity contribution in [3.63, 3.8) is 0 Å². The molecular formula is C13H15N5O3. The normalized spacial score (nSPS) is 10.3. The molecule has 8 heteroatoms. The van der Waals surface area contributed by atoms with E-state index < -0.39 is 4.92 Å². The highest BCUT2D eigenvalue weighted by molar-refractivity contribution is 5.91. The fraction of sp³-hybridized carbons (Fsp3) is 0.308. The van der Waals surface area contributed by atoms with Crippen LogP contribution in [0.25, 0.3) is 0 Å². The molecule has 0 aliphatic rings. The minimum atomic E-state index is -0.441. The van der Waals surface area contributed by atoms with Crippen LogP contribution in [0.5, 0.6) is 0 Å². The van der Waals surface area contributed by atoms with E-state index in [-0.39, 0.29) is 18.0 Å². The molecule has 2 rings (SSSR count). The highest BCUT2D eigenvalue weighted by Gasteiger charge is 2.14. The first-order valence-electron chi connectivity index (χ1n) is 6.49. The molecule has 0 atom stereocenters. The van der Waals surface area contributed by atoms with Crippen LogP contribution in [-0.2, 0) is 17.8 Å². The Morgan fingerprint density at radius 2 is 2.29 bits per heavy atom. The Labute approximate surface area is 121 Å². The lowest BCUT2D eigenvalue weighted by Gasteiger charge is -2.07. The maximum Gasteiger partial charge on any atom is 0.274 e. The van der Waals surface area contributed by atoms with E-state index in [2.05, 4.69) is 15.4 Å². The number of carbonyl (C=O) groups is 1. The molecule has 1 N–H and O–H groups in total. The Bertz CT molecular complexity index is 639. The molecular weight excluding hydrogens is 274 g/mol. The van der Waals surface area contributed by atoms with Crippen LogP contribution in [0, 0.1) is 10.1 Å². The number of carbonyl (C=O) groups excluding carboxylic acids is 1. The van der Waals surface area contributed by atoms with Gasteiger partial charge in [0, 0.05) is 23.7 Å². The summed E-state index contributed by atoms with van der Waals surface area (Å²) < 4.78 is 1.54. The molecule has 8 nitrogen and oxygen atoms in total. The van der Waals surface area contributed by atoms with E-state index in [1.807, 2.05) is 6.92 Å². The molecule has 1 aromatic carbocycles. The zero-order chi connectivity index (χ0) is 15.2. The third-order valence-electron chi connectivity index (χ3n) is 2.98. The van der Waals surface area contributed by atoms with Crippen LogP contribution in [-0.4, -0.2) is 25.6 Å². The van der Waals surface area contributed by atoms with E-state index in [1.54, 1.807) is 16.8 Å². The Morgan fingerprint density at radius 3 is 2.90 bits per heavy atom. The number of benzene rings is 1. The molecule has 110 valence electrons. The second-order valence-electron chi connectivity index (χ2n) is 4.41. The second-order valence-corrected chi connectivity index (χ2v) is 4.41. The van der Waals surface area contributed by atoms with E-state index in [1.165, 1.54) is 18.7 Å². The Hall–Kier alpha value is -2.77. The predicted octanol–water partition coefficient (Wildman–Crippen LogP) is 1.78. The molecule has 1 heterocycles. The van der Waals surface area contributed by atoms with E-state index >= 15 is 0 Å². The van der Waals surface area contributed by atoms with Crippen molar-refractivity contribution >= 4 is 17.3 Å². The summed E-state index contributed by atoms with van der Waals surface area (Å²) in [4.78, 5) is 26.1. The van der Waals surface area contributed by atoms with E-state index in [9.17, 15) is 14.9 Å². The monoisotopic (exact) mass is 289 g/mol. The summed E-state index contributed by atoms with van der Waals surface area (Å²) in [5, 5.41) is 17.5. The first-order valence-corrected chi connectivity index (χ1v) is 6.49. The standard InChI is InChI=1S/C13H15N5O3/c1-2-10-3-4-11(7-12(10)18(20)21)16-13(19)5-6-17-9-14-8-15-17/h3-4,7-9H,2,5-6H2,1H3,(H,16,19). The largest absolute Gasteiger partial charge is 0.326 e. The van der Waals surface area contributed by atoms with Crippen molar-refractivity contribution in [2.45, 2.75) is 26.3 Å². The number of anilines is 1. The van der Waals surface area contributed by atoms with Crippen molar-refractivity contribution in [2.75, 3.05) is 5.32 Å². The fourth-order valence-corrected chi connectivity index (χ4v) is 1.90. The number of nitrogens with one attached hydrogen (secondary N) is 1. The van der Waals surface area contributed by atoms with Gasteiger partial charge in [-0.3, -0.25) is 19.6 Å². The van der Waals surface area contributed by atoms with Crippen LogP contribution in [0.3, 0.4) is 0 Å². The van der Waals surface area contributed by atoms with Crippen molar-refractivity contribution in [1.29, 1.82) is 0 Å². The summed E-state index contributed by atoms with van der Waals surface area (Å²) in [5.74, 6) is -0.232. The van der Waals surface area contributed by atoms with Crippen molar-refractivity contribution < 1.29 is 9.72 Å². The second kappa shape index (κ2) is 6.60. The Morgan fingerprint density at radius 1 is 1.48 bits per heavy atom. The smallest absolute Gasteiger partial charge is 0.274 e. The molecule has 21 heavy (non-hydrogen) atoms. The van der Waals surface area contributed by atoms with Gasteiger partial charge in [0.05, 0.1) is 11.5 Å². The number of nitro benzene ring substituents is 1. The minimum absolute atomic E-state index is 0.0200. The summed E-state index contributed by atoms with van der Waals surface area (Å²) in [5.41, 5.74) is 1.08. The van der Waals surface area contributed by atoms with Crippen molar-refractivity contribution in [3.8, 4) is 0 Å². The van der Waals surface area contributed by atoms with Gasteiger partial charge in [-0.1, -0.05) is 13.0 Å². The van der Waals surface area contributed by atoms with Gasteiger partial charge < -0.3 is 5.32 Å². The number of aromatic nitrogens is 3. The maximum atomic E-state index is 11.8. The summed E-state index contributed by atoms with van der Waals surface area (Å²) in [6.45, 7) is 2.25. The van der Waals surface area contributed by atoms with Crippen LogP contribution in [0.1, 0.15) is 18.9 Å². The maximum absolute atomic E-state index is 11.8. The molecule has 1 aromatic heterocycles. The first kappa shape index (κ1) is 14.6. The molecule has 0 aliphatic carbocycles. The molecule has 0 fully saturated rings. The summed E-state index contributed by atoms with van der Waals surface area (Å²) in [6.07, 6.45) is 3.70. The molecule has 2 aromatic rings. The average molecular weight is 289 g/mol. The number of amides is 1. The number of nitrogens with zero attached hydrogens (tertiary/aromatic N) is 4. The average Bonchev–Trinajstić information content (AvgIpc) is 2.98. The third-order valence-corrected chi connectivity index (χ3v) is 2.98. The molecule has 0 spiro atoms. The topological polar surface area (TPSA) is 103 Å². The molecule has 0 saturated carbocycles. The number of aryl methyl sites for hydroxylation is 2. The van der Waals surface area contributed by atoms with Crippen LogP contribution in [0.15, 0.2) is 30.9 Å². The quantitative estimate of drug-likeness (QED) is 0.645. The molecule has 1 amide bonds. The Kier molecular flexibility index (Phi) is 4.60. The number of hydrogen-bond donors (Lipinski definition) is 1. The Balaban J connectivity index is 2.00. The SMILES string of the molecule is CCc1ccc(NC(=O)CCn2cncn2)cc1[N+](=O)[O-]. The van der Waals surface area contributed by atoms with Gasteiger partial charge in [0.2, 0.25) is 5.91 Å². The lowest BCUT2D eigenvalue weighted by molar-refractivity contribution is -0.385. The predicted molar refractivity (Wildman–Crippen MR) is 75.7 cm³/mol. The number of hydrogen-bond acceptors (Lipinski definition) is 5. The van der Waals surface area contributed by atoms with Crippen LogP contribution < -0.4 is 5.32 Å². The van der Waals surface area contributed by atoms with Gasteiger partial charge >= 0.3 is 0 Å². The van der Waals surface area contributed by atoms with E-state index in [0.717, 1.165) is 0 Å². The van der Waals surface area contributed by atoms with Crippen LogP contribution in [0.4, 0.5) is 11.4 Å². The fourth-order valence-electron chi connectivity index (χ4n) is 1.90. The lowest BCUT2D eigenvalue weighted by atomic mass is 10.1. The van der Waals surface area contributed by atoms with Gasteiger partial charge in [-0.05, 0) is 12.5 Å². The van der Waals surface area contributed by atoms with Gasteiger partial charge in [-0.25, -0.2) is 4.98 Å². The molecule has 0 bridgehead atoms. The first-order chi connectivity index (χ1) is 10.1. The minimum Gasteiger partial charge on any atom is -0.326 e. The molecule has 0 unspecified atom stereocenters. The highest BCUT2D eigenvalue weighted by atomic mass is 16.6. The molecule has 0 saturated heterocycles. The van der Waals surface area contributed by atoms with Gasteiger partial charge in [0.1, 0.15) is 12.7 Å². The van der Waals surface area contributed by atoms with E-state index in [0.29, 0.717) is 24.2 Å².